The lowest BCUT2D eigenvalue weighted by Gasteiger charge is -2.07. The van der Waals surface area contributed by atoms with E-state index in [1.54, 1.807) is 18.8 Å². The quantitative estimate of drug-likeness (QED) is 0.767. The Balaban J connectivity index is 2.06. The number of H-pyrrole nitrogens is 1. The summed E-state index contributed by atoms with van der Waals surface area (Å²) in [5.41, 5.74) is 3.05. The summed E-state index contributed by atoms with van der Waals surface area (Å²) in [5, 5.41) is 3.91. The summed E-state index contributed by atoms with van der Waals surface area (Å²) in [4.78, 5) is 17.3. The Kier molecular flexibility index (Phi) is 3.71. The largest absolute Gasteiger partial charge is 0.360 e. The molecule has 0 bridgehead atoms. The number of aromatic amines is 1. The predicted molar refractivity (Wildman–Crippen MR) is 87.0 cm³/mol. The van der Waals surface area contributed by atoms with Crippen molar-refractivity contribution in [2.24, 2.45) is 0 Å². The Bertz CT molecular complexity index is 807. The second-order valence-corrected chi connectivity index (χ2v) is 5.91. The molecule has 0 atom stereocenters. The van der Waals surface area contributed by atoms with Crippen LogP contribution in [0.25, 0.3) is 10.9 Å². The summed E-state index contributed by atoms with van der Waals surface area (Å²) in [7, 11) is 1.65. The lowest BCUT2D eigenvalue weighted by atomic mass is 10.1. The first kappa shape index (κ1) is 13.8. The van der Waals surface area contributed by atoms with Gasteiger partial charge in [0.05, 0.1) is 5.56 Å². The number of aromatic nitrogens is 1. The van der Waals surface area contributed by atoms with Crippen LogP contribution in [-0.2, 0) is 0 Å². The lowest BCUT2D eigenvalue weighted by molar-refractivity contribution is 0.0960. The summed E-state index contributed by atoms with van der Waals surface area (Å²) < 4.78 is 0. The van der Waals surface area contributed by atoms with E-state index in [1.807, 2.05) is 36.5 Å². The van der Waals surface area contributed by atoms with Crippen molar-refractivity contribution in [2.45, 2.75) is 16.7 Å². The van der Waals surface area contributed by atoms with Crippen LogP contribution >= 0.6 is 11.8 Å². The number of fused-ring (bicyclic) bond motifs is 1. The number of benzene rings is 2. The highest BCUT2D eigenvalue weighted by atomic mass is 32.2. The Morgan fingerprint density at radius 2 is 1.90 bits per heavy atom. The van der Waals surface area contributed by atoms with Gasteiger partial charge in [0.25, 0.3) is 5.91 Å². The number of carbonyl (C=O) groups is 1. The van der Waals surface area contributed by atoms with Crippen LogP contribution in [0.5, 0.6) is 0 Å². The van der Waals surface area contributed by atoms with E-state index in [4.69, 9.17) is 0 Å². The Morgan fingerprint density at radius 3 is 2.71 bits per heavy atom. The van der Waals surface area contributed by atoms with Crippen LogP contribution in [0.15, 0.2) is 58.5 Å². The zero-order valence-electron chi connectivity index (χ0n) is 11.9. The second-order valence-electron chi connectivity index (χ2n) is 4.83. The SMILES string of the molecule is CNC(=O)c1ccccc1Sc1c[nH]c2cccc(C)c12. The molecular formula is C17H16N2OS. The van der Waals surface area contributed by atoms with Crippen molar-refractivity contribution in [1.29, 1.82) is 0 Å². The van der Waals surface area contributed by atoms with Gasteiger partial charge >= 0.3 is 0 Å². The molecule has 0 radical (unpaired) electrons. The average Bonchev–Trinajstić information content (AvgIpc) is 2.91. The van der Waals surface area contributed by atoms with Crippen molar-refractivity contribution in [2.75, 3.05) is 7.05 Å². The van der Waals surface area contributed by atoms with Gasteiger partial charge in [-0.15, -0.1) is 0 Å². The normalized spacial score (nSPS) is 10.8. The number of hydrogen-bond acceptors (Lipinski definition) is 2. The third-order valence-electron chi connectivity index (χ3n) is 3.46. The van der Waals surface area contributed by atoms with Gasteiger partial charge in [-0.2, -0.15) is 0 Å². The predicted octanol–water partition coefficient (Wildman–Crippen LogP) is 3.99. The fourth-order valence-corrected chi connectivity index (χ4v) is 3.55. The highest BCUT2D eigenvalue weighted by Crippen LogP contribution is 2.36. The molecule has 0 fully saturated rings. The minimum Gasteiger partial charge on any atom is -0.360 e. The highest BCUT2D eigenvalue weighted by molar-refractivity contribution is 7.99. The van der Waals surface area contributed by atoms with E-state index in [9.17, 15) is 4.79 Å². The number of carbonyl (C=O) groups excluding carboxylic acids is 1. The second kappa shape index (κ2) is 5.66. The maximum atomic E-state index is 12.0. The third-order valence-corrected chi connectivity index (χ3v) is 4.57. The molecule has 2 N–H and O–H groups in total. The van der Waals surface area contributed by atoms with Crippen molar-refractivity contribution < 1.29 is 4.79 Å². The number of amides is 1. The van der Waals surface area contributed by atoms with Crippen molar-refractivity contribution in [3.8, 4) is 0 Å². The Labute approximate surface area is 127 Å². The summed E-state index contributed by atoms with van der Waals surface area (Å²) in [5.74, 6) is -0.0605. The Morgan fingerprint density at radius 1 is 1.10 bits per heavy atom. The summed E-state index contributed by atoms with van der Waals surface area (Å²) >= 11 is 1.62. The molecule has 2 aromatic carbocycles. The number of aryl methyl sites for hydroxylation is 1. The zero-order chi connectivity index (χ0) is 14.8. The van der Waals surface area contributed by atoms with Crippen molar-refractivity contribution in [3.05, 3.63) is 59.8 Å². The molecule has 3 rings (SSSR count). The molecule has 0 saturated heterocycles. The maximum Gasteiger partial charge on any atom is 0.252 e. The third kappa shape index (κ3) is 2.54. The van der Waals surface area contributed by atoms with Gasteiger partial charge < -0.3 is 10.3 Å². The van der Waals surface area contributed by atoms with Crippen LogP contribution in [0, 0.1) is 6.92 Å². The van der Waals surface area contributed by atoms with Gasteiger partial charge in [0, 0.05) is 33.9 Å². The van der Waals surface area contributed by atoms with Gasteiger partial charge in [-0.25, -0.2) is 0 Å². The first-order chi connectivity index (χ1) is 10.2. The van der Waals surface area contributed by atoms with Gasteiger partial charge in [-0.1, -0.05) is 36.0 Å². The average molecular weight is 296 g/mol. The monoisotopic (exact) mass is 296 g/mol. The van der Waals surface area contributed by atoms with E-state index in [1.165, 1.54) is 10.9 Å². The lowest BCUT2D eigenvalue weighted by Crippen LogP contribution is -2.18. The highest BCUT2D eigenvalue weighted by Gasteiger charge is 2.13. The molecule has 3 aromatic rings. The molecule has 0 aliphatic heterocycles. The van der Waals surface area contributed by atoms with Crippen LogP contribution in [0.2, 0.25) is 0 Å². The van der Waals surface area contributed by atoms with Gasteiger partial charge in [0.15, 0.2) is 0 Å². The van der Waals surface area contributed by atoms with Crippen LogP contribution < -0.4 is 5.32 Å². The number of hydrogen-bond donors (Lipinski definition) is 2. The molecule has 0 saturated carbocycles. The van der Waals surface area contributed by atoms with E-state index in [0.717, 1.165) is 15.3 Å². The molecule has 0 spiro atoms. The number of rotatable bonds is 3. The molecule has 0 unspecified atom stereocenters. The number of nitrogens with one attached hydrogen (secondary N) is 2. The molecular weight excluding hydrogens is 280 g/mol. The molecule has 4 heteroatoms. The van der Waals surface area contributed by atoms with Crippen LogP contribution in [0.3, 0.4) is 0 Å². The topological polar surface area (TPSA) is 44.9 Å². The molecule has 21 heavy (non-hydrogen) atoms. The zero-order valence-corrected chi connectivity index (χ0v) is 12.8. The smallest absolute Gasteiger partial charge is 0.252 e. The molecule has 106 valence electrons. The van der Waals surface area contributed by atoms with E-state index < -0.39 is 0 Å². The van der Waals surface area contributed by atoms with Crippen LogP contribution in [0.4, 0.5) is 0 Å². The van der Waals surface area contributed by atoms with Crippen molar-refractivity contribution in [1.82, 2.24) is 10.3 Å². The molecule has 3 nitrogen and oxygen atoms in total. The fourth-order valence-electron chi connectivity index (χ4n) is 2.41. The van der Waals surface area contributed by atoms with Crippen LogP contribution in [0.1, 0.15) is 15.9 Å². The first-order valence-electron chi connectivity index (χ1n) is 6.76. The summed E-state index contributed by atoms with van der Waals surface area (Å²) in [6.45, 7) is 2.10. The summed E-state index contributed by atoms with van der Waals surface area (Å²) in [6.07, 6.45) is 2.00. The standard InChI is InChI=1S/C17H16N2OS/c1-11-6-5-8-13-16(11)15(10-19-13)21-14-9-4-3-7-12(14)17(20)18-2/h3-10,19H,1-2H3,(H,18,20). The van der Waals surface area contributed by atoms with Gasteiger partial charge in [-0.3, -0.25) is 4.79 Å². The van der Waals surface area contributed by atoms with Crippen molar-refractivity contribution in [3.63, 3.8) is 0 Å². The van der Waals surface area contributed by atoms with E-state index in [-0.39, 0.29) is 5.91 Å². The molecule has 1 heterocycles. The van der Waals surface area contributed by atoms with Gasteiger partial charge in [-0.05, 0) is 30.7 Å². The first-order valence-corrected chi connectivity index (χ1v) is 7.58. The minimum atomic E-state index is -0.0605. The van der Waals surface area contributed by atoms with Crippen molar-refractivity contribution >= 4 is 28.6 Å². The van der Waals surface area contributed by atoms with E-state index in [0.29, 0.717) is 5.56 Å². The Hall–Kier alpha value is -2.20. The van der Waals surface area contributed by atoms with Gasteiger partial charge in [0.1, 0.15) is 0 Å². The molecule has 0 aliphatic carbocycles. The van der Waals surface area contributed by atoms with Crippen LogP contribution in [-0.4, -0.2) is 17.9 Å². The van der Waals surface area contributed by atoms with Gasteiger partial charge in [0.2, 0.25) is 0 Å². The van der Waals surface area contributed by atoms with E-state index >= 15 is 0 Å². The van der Waals surface area contributed by atoms with E-state index in [2.05, 4.69) is 29.4 Å². The minimum absolute atomic E-state index is 0.0605. The molecule has 0 aliphatic rings. The summed E-state index contributed by atoms with van der Waals surface area (Å²) in [6, 6.07) is 13.9. The molecule has 1 amide bonds. The maximum absolute atomic E-state index is 12.0. The molecule has 1 aromatic heterocycles. The fraction of sp³-hybridized carbons (Fsp3) is 0.118.